The van der Waals surface area contributed by atoms with Gasteiger partial charge >= 0.3 is 0 Å². The Labute approximate surface area is 61.5 Å². The molecule has 0 saturated heterocycles. The molecule has 1 aliphatic heterocycles. The van der Waals surface area contributed by atoms with E-state index in [1.807, 2.05) is 11.1 Å². The maximum Gasteiger partial charge on any atom is 0.176 e. The van der Waals surface area contributed by atoms with Gasteiger partial charge < -0.3 is 4.90 Å². The maximum atomic E-state index is 10.8. The van der Waals surface area contributed by atoms with Gasteiger partial charge in [-0.1, -0.05) is 0 Å². The van der Waals surface area contributed by atoms with Crippen LogP contribution < -0.4 is 0 Å². The van der Waals surface area contributed by atoms with Crippen LogP contribution in [0.5, 0.6) is 0 Å². The summed E-state index contributed by atoms with van der Waals surface area (Å²) in [5.74, 6) is 0.204. The standard InChI is InChI=1S/C8H13NO/c1-8(2,3)9-5-4-7(10)6-9/h4-5H,6H2,1-3H3. The molecule has 56 valence electrons. The summed E-state index contributed by atoms with van der Waals surface area (Å²) in [4.78, 5) is 12.8. The smallest absolute Gasteiger partial charge is 0.176 e. The van der Waals surface area contributed by atoms with Crippen LogP contribution in [0.1, 0.15) is 20.8 Å². The lowest BCUT2D eigenvalue weighted by molar-refractivity contribution is -0.114. The minimum absolute atomic E-state index is 0.0860. The molecule has 0 amide bonds. The average molecular weight is 139 g/mol. The van der Waals surface area contributed by atoms with Crippen molar-refractivity contribution in [2.24, 2.45) is 0 Å². The molecular weight excluding hydrogens is 126 g/mol. The Morgan fingerprint density at radius 2 is 2.10 bits per heavy atom. The molecule has 0 bridgehead atoms. The molecule has 0 spiro atoms. The summed E-state index contributed by atoms with van der Waals surface area (Å²) in [6.45, 7) is 6.82. The molecule has 0 fully saturated rings. The van der Waals surface area contributed by atoms with Gasteiger partial charge in [-0.3, -0.25) is 4.79 Å². The number of ketones is 1. The van der Waals surface area contributed by atoms with Gasteiger partial charge in [-0.2, -0.15) is 0 Å². The van der Waals surface area contributed by atoms with E-state index < -0.39 is 0 Å². The second-order valence-electron chi connectivity index (χ2n) is 3.58. The SMILES string of the molecule is CC(C)(C)N1C=CC(=O)C1. The Hall–Kier alpha value is -0.790. The number of carbonyl (C=O) groups excluding carboxylic acids is 1. The van der Waals surface area contributed by atoms with Crippen LogP contribution >= 0.6 is 0 Å². The van der Waals surface area contributed by atoms with Gasteiger partial charge in [-0.25, -0.2) is 0 Å². The molecule has 1 aliphatic rings. The van der Waals surface area contributed by atoms with Crippen molar-refractivity contribution in [3.8, 4) is 0 Å². The van der Waals surface area contributed by atoms with Gasteiger partial charge in [-0.15, -0.1) is 0 Å². The van der Waals surface area contributed by atoms with Crippen LogP contribution in [0.15, 0.2) is 12.3 Å². The molecule has 1 heterocycles. The van der Waals surface area contributed by atoms with E-state index in [2.05, 4.69) is 20.8 Å². The average Bonchev–Trinajstić information content (AvgIpc) is 2.11. The Bertz CT molecular complexity index is 176. The molecule has 0 N–H and O–H groups in total. The van der Waals surface area contributed by atoms with Crippen molar-refractivity contribution in [2.75, 3.05) is 6.54 Å². The summed E-state index contributed by atoms with van der Waals surface area (Å²) in [6, 6.07) is 0. The zero-order chi connectivity index (χ0) is 7.78. The first-order chi connectivity index (χ1) is 4.50. The molecule has 0 aromatic heterocycles. The second-order valence-corrected chi connectivity index (χ2v) is 3.58. The monoisotopic (exact) mass is 139 g/mol. The van der Waals surface area contributed by atoms with Gasteiger partial charge in [0.05, 0.1) is 6.54 Å². The number of carbonyl (C=O) groups is 1. The molecule has 0 aliphatic carbocycles. The summed E-state index contributed by atoms with van der Waals surface area (Å²) in [7, 11) is 0. The molecule has 0 unspecified atom stereocenters. The van der Waals surface area contributed by atoms with Crippen molar-refractivity contribution in [3.63, 3.8) is 0 Å². The topological polar surface area (TPSA) is 20.3 Å². The Morgan fingerprint density at radius 3 is 2.30 bits per heavy atom. The third-order valence-electron chi connectivity index (χ3n) is 1.63. The van der Waals surface area contributed by atoms with Crippen molar-refractivity contribution >= 4 is 5.78 Å². The molecule has 0 atom stereocenters. The highest BCUT2D eigenvalue weighted by molar-refractivity contribution is 5.93. The summed E-state index contributed by atoms with van der Waals surface area (Å²) >= 11 is 0. The van der Waals surface area contributed by atoms with Crippen LogP contribution in [0.2, 0.25) is 0 Å². The normalized spacial score (nSPS) is 18.7. The van der Waals surface area contributed by atoms with Crippen LogP contribution in [0.4, 0.5) is 0 Å². The zero-order valence-electron chi connectivity index (χ0n) is 6.72. The van der Waals surface area contributed by atoms with Crippen LogP contribution in [-0.2, 0) is 4.79 Å². The molecule has 10 heavy (non-hydrogen) atoms. The fourth-order valence-corrected chi connectivity index (χ4v) is 0.907. The highest BCUT2D eigenvalue weighted by Gasteiger charge is 2.22. The Kier molecular flexibility index (Phi) is 1.55. The lowest BCUT2D eigenvalue weighted by Crippen LogP contribution is -2.37. The van der Waals surface area contributed by atoms with Crippen LogP contribution in [-0.4, -0.2) is 22.8 Å². The van der Waals surface area contributed by atoms with Crippen LogP contribution in [0.25, 0.3) is 0 Å². The summed E-state index contributed by atoms with van der Waals surface area (Å²) < 4.78 is 0. The molecular formula is C8H13NO. The van der Waals surface area contributed by atoms with E-state index >= 15 is 0 Å². The lowest BCUT2D eigenvalue weighted by atomic mass is 10.1. The molecule has 0 aromatic rings. The fraction of sp³-hybridized carbons (Fsp3) is 0.625. The molecule has 2 nitrogen and oxygen atoms in total. The summed E-state index contributed by atoms with van der Waals surface area (Å²) in [5, 5.41) is 0. The van der Waals surface area contributed by atoms with Gasteiger partial charge in [0, 0.05) is 11.7 Å². The van der Waals surface area contributed by atoms with Gasteiger partial charge in [0.15, 0.2) is 5.78 Å². The predicted octanol–water partition coefficient (Wildman–Crippen LogP) is 1.18. The third-order valence-corrected chi connectivity index (χ3v) is 1.63. The molecule has 1 rings (SSSR count). The minimum atomic E-state index is 0.0860. The second kappa shape index (κ2) is 2.11. The van der Waals surface area contributed by atoms with E-state index in [1.54, 1.807) is 6.08 Å². The molecule has 0 saturated carbocycles. The Balaban J connectivity index is 2.63. The molecule has 2 heteroatoms. The first kappa shape index (κ1) is 7.32. The number of nitrogens with zero attached hydrogens (tertiary/aromatic N) is 1. The van der Waals surface area contributed by atoms with Crippen LogP contribution in [0.3, 0.4) is 0 Å². The van der Waals surface area contributed by atoms with E-state index in [-0.39, 0.29) is 11.3 Å². The van der Waals surface area contributed by atoms with Gasteiger partial charge in [-0.05, 0) is 26.8 Å². The van der Waals surface area contributed by atoms with E-state index in [9.17, 15) is 4.79 Å². The maximum absolute atomic E-state index is 10.8. The van der Waals surface area contributed by atoms with E-state index in [4.69, 9.17) is 0 Å². The summed E-state index contributed by atoms with van der Waals surface area (Å²) in [5.41, 5.74) is 0.0860. The quantitative estimate of drug-likeness (QED) is 0.502. The van der Waals surface area contributed by atoms with Crippen LogP contribution in [0, 0.1) is 0 Å². The number of hydrogen-bond acceptors (Lipinski definition) is 2. The summed E-state index contributed by atoms with van der Waals surface area (Å²) in [6.07, 6.45) is 3.49. The van der Waals surface area contributed by atoms with Crippen molar-refractivity contribution in [3.05, 3.63) is 12.3 Å². The Morgan fingerprint density at radius 1 is 1.50 bits per heavy atom. The van der Waals surface area contributed by atoms with E-state index in [1.165, 1.54) is 0 Å². The number of hydrogen-bond donors (Lipinski definition) is 0. The van der Waals surface area contributed by atoms with Gasteiger partial charge in [0.25, 0.3) is 0 Å². The van der Waals surface area contributed by atoms with E-state index in [0.717, 1.165) is 0 Å². The van der Waals surface area contributed by atoms with Crippen molar-refractivity contribution < 1.29 is 4.79 Å². The fourth-order valence-electron chi connectivity index (χ4n) is 0.907. The third kappa shape index (κ3) is 1.38. The first-order valence-corrected chi connectivity index (χ1v) is 3.48. The molecule has 0 aromatic carbocycles. The zero-order valence-corrected chi connectivity index (χ0v) is 6.72. The van der Waals surface area contributed by atoms with Gasteiger partial charge in [0.2, 0.25) is 0 Å². The first-order valence-electron chi connectivity index (χ1n) is 3.48. The van der Waals surface area contributed by atoms with Crippen molar-refractivity contribution in [2.45, 2.75) is 26.3 Å². The minimum Gasteiger partial charge on any atom is -0.365 e. The number of rotatable bonds is 0. The highest BCUT2D eigenvalue weighted by Crippen LogP contribution is 2.16. The largest absolute Gasteiger partial charge is 0.365 e. The molecule has 0 radical (unpaired) electrons. The van der Waals surface area contributed by atoms with Crippen molar-refractivity contribution in [1.29, 1.82) is 0 Å². The van der Waals surface area contributed by atoms with Crippen molar-refractivity contribution in [1.82, 2.24) is 4.90 Å². The highest BCUT2D eigenvalue weighted by atomic mass is 16.1. The van der Waals surface area contributed by atoms with Gasteiger partial charge in [0.1, 0.15) is 0 Å². The predicted molar refractivity (Wildman–Crippen MR) is 40.6 cm³/mol. The van der Waals surface area contributed by atoms with E-state index in [0.29, 0.717) is 6.54 Å². The lowest BCUT2D eigenvalue weighted by Gasteiger charge is -2.30.